The van der Waals surface area contributed by atoms with Crippen molar-refractivity contribution < 1.29 is 18.0 Å². The van der Waals surface area contributed by atoms with E-state index in [9.17, 15) is 18.0 Å². The molecule has 1 aliphatic carbocycles. The maximum atomic E-state index is 12.8. The minimum atomic E-state index is -4.44. The molecule has 1 aliphatic rings. The molecule has 0 saturated heterocycles. The van der Waals surface area contributed by atoms with Crippen LogP contribution < -0.4 is 5.32 Å². The summed E-state index contributed by atoms with van der Waals surface area (Å²) in [5.74, 6) is 0.153. The van der Waals surface area contributed by atoms with E-state index in [1.54, 1.807) is 0 Å². The van der Waals surface area contributed by atoms with Gasteiger partial charge in [0.05, 0.1) is 5.56 Å². The van der Waals surface area contributed by atoms with Crippen molar-refractivity contribution in [3.8, 4) is 0 Å². The molecule has 0 aliphatic heterocycles. The molecule has 2 rings (SSSR count). The molecule has 0 atom stereocenters. The number of carbonyl (C=O) groups excluding carboxylic acids is 1. The van der Waals surface area contributed by atoms with Crippen molar-refractivity contribution in [2.75, 3.05) is 5.32 Å². The third-order valence-corrected chi connectivity index (χ3v) is 4.20. The van der Waals surface area contributed by atoms with Crippen molar-refractivity contribution in [2.24, 2.45) is 5.92 Å². The molecule has 1 amide bonds. The number of carbonyl (C=O) groups is 1. The second-order valence-electron chi connectivity index (χ2n) is 5.10. The highest BCUT2D eigenvalue weighted by Gasteiger charge is 2.33. The summed E-state index contributed by atoms with van der Waals surface area (Å²) in [7, 11) is 0. The lowest BCUT2D eigenvalue weighted by Gasteiger charge is -2.13. The quantitative estimate of drug-likeness (QED) is 0.818. The third-order valence-electron chi connectivity index (χ3n) is 3.50. The van der Waals surface area contributed by atoms with Crippen LogP contribution in [0.15, 0.2) is 22.7 Å². The highest BCUT2D eigenvalue weighted by atomic mass is 79.9. The Kier molecular flexibility index (Phi) is 4.73. The van der Waals surface area contributed by atoms with Crippen LogP contribution in [0.3, 0.4) is 0 Å². The number of rotatable bonds is 3. The average Bonchev–Trinajstić information content (AvgIpc) is 2.83. The molecule has 1 aromatic rings. The number of amides is 1. The Hall–Kier alpha value is -1.04. The van der Waals surface area contributed by atoms with Gasteiger partial charge in [0.1, 0.15) is 0 Å². The summed E-state index contributed by atoms with van der Waals surface area (Å²) in [6.45, 7) is 0. The monoisotopic (exact) mass is 349 g/mol. The van der Waals surface area contributed by atoms with Crippen molar-refractivity contribution in [1.29, 1.82) is 0 Å². The van der Waals surface area contributed by atoms with Crippen molar-refractivity contribution in [3.63, 3.8) is 0 Å². The van der Waals surface area contributed by atoms with Crippen LogP contribution in [-0.4, -0.2) is 5.91 Å². The fourth-order valence-corrected chi connectivity index (χ4v) is 2.98. The Balaban J connectivity index is 2.04. The second kappa shape index (κ2) is 6.16. The molecule has 2 nitrogen and oxygen atoms in total. The molecular formula is C14H15BrF3NO. The van der Waals surface area contributed by atoms with Crippen LogP contribution in [-0.2, 0) is 11.0 Å². The summed E-state index contributed by atoms with van der Waals surface area (Å²) < 4.78 is 38.2. The van der Waals surface area contributed by atoms with E-state index in [2.05, 4.69) is 21.2 Å². The second-order valence-corrected chi connectivity index (χ2v) is 5.95. The predicted octanol–water partition coefficient (Wildman–Crippen LogP) is 4.99. The lowest BCUT2D eigenvalue weighted by atomic mass is 10.0. The van der Waals surface area contributed by atoms with E-state index >= 15 is 0 Å². The first-order chi connectivity index (χ1) is 9.36. The first kappa shape index (κ1) is 15.4. The number of hydrogen-bond acceptors (Lipinski definition) is 1. The van der Waals surface area contributed by atoms with Gasteiger partial charge in [-0.05, 0) is 37.0 Å². The molecule has 0 bridgehead atoms. The molecule has 1 aromatic carbocycles. The molecule has 6 heteroatoms. The zero-order valence-electron chi connectivity index (χ0n) is 10.8. The maximum absolute atomic E-state index is 12.8. The summed E-state index contributed by atoms with van der Waals surface area (Å²) in [4.78, 5) is 11.8. The Labute approximate surface area is 123 Å². The zero-order valence-corrected chi connectivity index (χ0v) is 12.4. The fraction of sp³-hybridized carbons (Fsp3) is 0.500. The summed E-state index contributed by atoms with van der Waals surface area (Å²) in [5, 5.41) is 2.55. The average molecular weight is 350 g/mol. The van der Waals surface area contributed by atoms with Gasteiger partial charge in [0.15, 0.2) is 0 Å². The van der Waals surface area contributed by atoms with Crippen LogP contribution >= 0.6 is 15.9 Å². The largest absolute Gasteiger partial charge is 0.417 e. The van der Waals surface area contributed by atoms with Gasteiger partial charge in [0.2, 0.25) is 5.91 Å². The Morgan fingerprint density at radius 1 is 1.30 bits per heavy atom. The predicted molar refractivity (Wildman–Crippen MR) is 74.3 cm³/mol. The SMILES string of the molecule is O=C(CC1CCCC1)Nc1ccc(Br)c(C(F)(F)F)c1. The highest BCUT2D eigenvalue weighted by Crippen LogP contribution is 2.36. The Morgan fingerprint density at radius 3 is 2.55 bits per heavy atom. The normalized spacial score (nSPS) is 16.4. The van der Waals surface area contributed by atoms with E-state index in [0.717, 1.165) is 31.7 Å². The van der Waals surface area contributed by atoms with E-state index < -0.39 is 11.7 Å². The molecule has 0 unspecified atom stereocenters. The van der Waals surface area contributed by atoms with Gasteiger partial charge < -0.3 is 5.32 Å². The lowest BCUT2D eigenvalue weighted by Crippen LogP contribution is -2.16. The van der Waals surface area contributed by atoms with Crippen LogP contribution in [0.1, 0.15) is 37.7 Å². The molecule has 1 fully saturated rings. The van der Waals surface area contributed by atoms with Gasteiger partial charge >= 0.3 is 6.18 Å². The number of anilines is 1. The zero-order chi connectivity index (χ0) is 14.8. The van der Waals surface area contributed by atoms with Gasteiger partial charge in [-0.3, -0.25) is 4.79 Å². The minimum Gasteiger partial charge on any atom is -0.326 e. The Morgan fingerprint density at radius 2 is 1.95 bits per heavy atom. The minimum absolute atomic E-state index is 0.0289. The van der Waals surface area contributed by atoms with E-state index in [4.69, 9.17) is 0 Å². The van der Waals surface area contributed by atoms with Crippen molar-refractivity contribution in [2.45, 2.75) is 38.3 Å². The maximum Gasteiger partial charge on any atom is 0.417 e. The molecule has 0 radical (unpaired) electrons. The van der Waals surface area contributed by atoms with Crippen LogP contribution in [0.4, 0.5) is 18.9 Å². The molecular weight excluding hydrogens is 335 g/mol. The number of halogens is 4. The molecule has 0 heterocycles. The van der Waals surface area contributed by atoms with Gasteiger partial charge in [-0.25, -0.2) is 0 Å². The summed E-state index contributed by atoms with van der Waals surface area (Å²) in [6.07, 6.45) is 0.272. The van der Waals surface area contributed by atoms with Crippen molar-refractivity contribution in [1.82, 2.24) is 0 Å². The smallest absolute Gasteiger partial charge is 0.326 e. The molecule has 20 heavy (non-hydrogen) atoms. The van der Waals surface area contributed by atoms with Gasteiger partial charge in [-0.15, -0.1) is 0 Å². The standard InChI is InChI=1S/C14H15BrF3NO/c15-12-6-5-10(8-11(12)14(16,17)18)19-13(20)7-9-3-1-2-4-9/h5-6,8-9H,1-4,7H2,(H,19,20). The fourth-order valence-electron chi connectivity index (χ4n) is 2.51. The summed E-state index contributed by atoms with van der Waals surface area (Å²) >= 11 is 2.87. The lowest BCUT2D eigenvalue weighted by molar-refractivity contribution is -0.138. The molecule has 1 N–H and O–H groups in total. The molecule has 1 saturated carbocycles. The number of hydrogen-bond donors (Lipinski definition) is 1. The molecule has 110 valence electrons. The molecule has 0 aromatic heterocycles. The van der Waals surface area contributed by atoms with Crippen LogP contribution in [0, 0.1) is 5.92 Å². The van der Waals surface area contributed by atoms with Crippen LogP contribution in [0.2, 0.25) is 0 Å². The van der Waals surface area contributed by atoms with Crippen LogP contribution in [0.5, 0.6) is 0 Å². The number of nitrogens with one attached hydrogen (secondary N) is 1. The van der Waals surface area contributed by atoms with Crippen molar-refractivity contribution >= 4 is 27.5 Å². The van der Waals surface area contributed by atoms with Gasteiger partial charge in [0.25, 0.3) is 0 Å². The van der Waals surface area contributed by atoms with E-state index in [1.165, 1.54) is 12.1 Å². The topological polar surface area (TPSA) is 29.1 Å². The van der Waals surface area contributed by atoms with Crippen LogP contribution in [0.25, 0.3) is 0 Å². The highest BCUT2D eigenvalue weighted by molar-refractivity contribution is 9.10. The van der Waals surface area contributed by atoms with Gasteiger partial charge in [-0.2, -0.15) is 13.2 Å². The molecule has 0 spiro atoms. The van der Waals surface area contributed by atoms with Gasteiger partial charge in [0, 0.05) is 16.6 Å². The van der Waals surface area contributed by atoms with Crippen molar-refractivity contribution in [3.05, 3.63) is 28.2 Å². The number of benzene rings is 1. The van der Waals surface area contributed by atoms with E-state index in [1.807, 2.05) is 0 Å². The number of alkyl halides is 3. The van der Waals surface area contributed by atoms with Gasteiger partial charge in [-0.1, -0.05) is 28.8 Å². The Bertz CT molecular complexity index is 496. The first-order valence-electron chi connectivity index (χ1n) is 6.53. The summed E-state index contributed by atoms with van der Waals surface area (Å²) in [5.41, 5.74) is -0.598. The summed E-state index contributed by atoms with van der Waals surface area (Å²) in [6, 6.07) is 3.72. The van der Waals surface area contributed by atoms with E-state index in [-0.39, 0.29) is 16.1 Å². The first-order valence-corrected chi connectivity index (χ1v) is 7.32. The third kappa shape index (κ3) is 3.98. The van der Waals surface area contributed by atoms with E-state index in [0.29, 0.717) is 12.3 Å².